The van der Waals surface area contributed by atoms with Crippen molar-refractivity contribution in [1.82, 2.24) is 10.2 Å². The molecule has 2 atom stereocenters. The van der Waals surface area contributed by atoms with Crippen LogP contribution in [0.25, 0.3) is 0 Å². The van der Waals surface area contributed by atoms with E-state index in [-0.39, 0.29) is 11.7 Å². The second-order valence-electron chi connectivity index (χ2n) is 5.68. The first-order valence-corrected chi connectivity index (χ1v) is 7.14. The van der Waals surface area contributed by atoms with Crippen molar-refractivity contribution >= 4 is 5.91 Å². The molecule has 0 unspecified atom stereocenters. The zero-order valence-electron chi connectivity index (χ0n) is 11.6. The van der Waals surface area contributed by atoms with Gasteiger partial charge in [0.25, 0.3) is 0 Å². The smallest absolute Gasteiger partial charge is 0.387 e. The van der Waals surface area contributed by atoms with E-state index in [9.17, 15) is 13.6 Å². The van der Waals surface area contributed by atoms with E-state index in [4.69, 9.17) is 0 Å². The van der Waals surface area contributed by atoms with E-state index in [1.165, 1.54) is 12.1 Å². The molecule has 0 radical (unpaired) electrons. The summed E-state index contributed by atoms with van der Waals surface area (Å²) in [7, 11) is 0. The summed E-state index contributed by atoms with van der Waals surface area (Å²) >= 11 is 0. The van der Waals surface area contributed by atoms with Gasteiger partial charge in [0.2, 0.25) is 5.91 Å². The fourth-order valence-electron chi connectivity index (χ4n) is 3.13. The zero-order valence-corrected chi connectivity index (χ0v) is 11.6. The predicted molar refractivity (Wildman–Crippen MR) is 73.2 cm³/mol. The summed E-state index contributed by atoms with van der Waals surface area (Å²) in [6.07, 6.45) is 0.307. The molecule has 2 saturated heterocycles. The topological polar surface area (TPSA) is 41.6 Å². The molecule has 0 bridgehead atoms. The molecule has 2 fully saturated rings. The number of rotatable bonds is 4. The summed E-state index contributed by atoms with van der Waals surface area (Å²) in [5.74, 6) is 1.38. The first-order chi connectivity index (χ1) is 10.1. The Morgan fingerprint density at radius 2 is 1.86 bits per heavy atom. The van der Waals surface area contributed by atoms with Crippen molar-refractivity contribution in [1.29, 1.82) is 0 Å². The van der Waals surface area contributed by atoms with Crippen molar-refractivity contribution in [3.05, 3.63) is 29.8 Å². The highest BCUT2D eigenvalue weighted by atomic mass is 19.3. The van der Waals surface area contributed by atoms with Gasteiger partial charge in [-0.3, -0.25) is 4.79 Å². The first kappa shape index (κ1) is 14.3. The molecule has 0 spiro atoms. The highest BCUT2D eigenvalue weighted by Crippen LogP contribution is 2.26. The highest BCUT2D eigenvalue weighted by molar-refractivity contribution is 5.79. The van der Waals surface area contributed by atoms with Crippen LogP contribution in [0.15, 0.2) is 24.3 Å². The predicted octanol–water partition coefficient (Wildman–Crippen LogP) is 1.51. The third kappa shape index (κ3) is 3.32. The molecule has 2 aliphatic rings. The number of fused-ring (bicyclic) bond motifs is 1. The average molecular weight is 296 g/mol. The summed E-state index contributed by atoms with van der Waals surface area (Å²) in [5.41, 5.74) is 0.816. The standard InChI is InChI=1S/C15H18F2N2O2/c16-15(17)21-13-3-1-10(2-4-13)5-14(20)19-8-11-6-18-7-12(11)9-19/h1-4,11-12,15,18H,5-9H2/t11-,12+. The number of halogens is 2. The molecule has 4 nitrogen and oxygen atoms in total. The number of likely N-dealkylation sites (tertiary alicyclic amines) is 1. The van der Waals surface area contributed by atoms with Crippen molar-refractivity contribution in [3.63, 3.8) is 0 Å². The number of carbonyl (C=O) groups excluding carboxylic acids is 1. The van der Waals surface area contributed by atoms with Gasteiger partial charge >= 0.3 is 6.61 Å². The largest absolute Gasteiger partial charge is 0.435 e. The molecule has 1 amide bonds. The van der Waals surface area contributed by atoms with Gasteiger partial charge in [-0.15, -0.1) is 0 Å². The van der Waals surface area contributed by atoms with E-state index in [1.54, 1.807) is 12.1 Å². The first-order valence-electron chi connectivity index (χ1n) is 7.14. The Morgan fingerprint density at radius 1 is 1.24 bits per heavy atom. The van der Waals surface area contributed by atoms with E-state index in [2.05, 4.69) is 10.1 Å². The van der Waals surface area contributed by atoms with Gasteiger partial charge in [0, 0.05) is 26.2 Å². The van der Waals surface area contributed by atoms with Crippen LogP contribution in [0.3, 0.4) is 0 Å². The van der Waals surface area contributed by atoms with Gasteiger partial charge in [-0.25, -0.2) is 0 Å². The minimum absolute atomic E-state index is 0.104. The fourth-order valence-corrected chi connectivity index (χ4v) is 3.13. The molecule has 0 aliphatic carbocycles. The summed E-state index contributed by atoms with van der Waals surface area (Å²) in [5, 5.41) is 3.34. The summed E-state index contributed by atoms with van der Waals surface area (Å²) < 4.78 is 28.4. The highest BCUT2D eigenvalue weighted by Gasteiger charge is 2.37. The van der Waals surface area contributed by atoms with Gasteiger partial charge in [-0.2, -0.15) is 8.78 Å². The summed E-state index contributed by atoms with van der Waals surface area (Å²) in [4.78, 5) is 14.2. The SMILES string of the molecule is O=C(Cc1ccc(OC(F)F)cc1)N1C[C@H]2CNC[C@H]2C1. The molecule has 1 N–H and O–H groups in total. The number of nitrogens with one attached hydrogen (secondary N) is 1. The van der Waals surface area contributed by atoms with Crippen LogP contribution in [0.1, 0.15) is 5.56 Å². The number of nitrogens with zero attached hydrogens (tertiary/aromatic N) is 1. The van der Waals surface area contributed by atoms with E-state index >= 15 is 0 Å². The molecule has 6 heteroatoms. The molecule has 1 aromatic carbocycles. The van der Waals surface area contributed by atoms with Gasteiger partial charge in [0.1, 0.15) is 5.75 Å². The van der Waals surface area contributed by atoms with Gasteiger partial charge < -0.3 is 15.0 Å². The quantitative estimate of drug-likeness (QED) is 0.916. The monoisotopic (exact) mass is 296 g/mol. The van der Waals surface area contributed by atoms with Gasteiger partial charge in [0.15, 0.2) is 0 Å². The molecule has 114 valence electrons. The normalized spacial score (nSPS) is 24.4. The van der Waals surface area contributed by atoms with Crippen LogP contribution in [-0.4, -0.2) is 43.6 Å². The third-order valence-corrected chi connectivity index (χ3v) is 4.25. The molecular formula is C15H18F2N2O2. The van der Waals surface area contributed by atoms with Crippen molar-refractivity contribution in [2.45, 2.75) is 13.0 Å². The van der Waals surface area contributed by atoms with Crippen molar-refractivity contribution in [3.8, 4) is 5.75 Å². The lowest BCUT2D eigenvalue weighted by Crippen LogP contribution is -2.32. The van der Waals surface area contributed by atoms with Gasteiger partial charge in [-0.05, 0) is 29.5 Å². The Bertz CT molecular complexity index is 495. The second kappa shape index (κ2) is 5.97. The average Bonchev–Trinajstić information content (AvgIpc) is 3.01. The Labute approximate surface area is 122 Å². The van der Waals surface area contributed by atoms with E-state index in [0.717, 1.165) is 31.7 Å². The maximum absolute atomic E-state index is 12.3. The number of ether oxygens (including phenoxy) is 1. The lowest BCUT2D eigenvalue weighted by atomic mass is 10.0. The maximum Gasteiger partial charge on any atom is 0.387 e. The Hall–Kier alpha value is -1.69. The number of amides is 1. The number of hydrogen-bond acceptors (Lipinski definition) is 3. The second-order valence-corrected chi connectivity index (χ2v) is 5.68. The van der Waals surface area contributed by atoms with Crippen LogP contribution in [0.5, 0.6) is 5.75 Å². The zero-order chi connectivity index (χ0) is 14.8. The minimum atomic E-state index is -2.82. The minimum Gasteiger partial charge on any atom is -0.435 e. The number of benzene rings is 1. The molecule has 1 aromatic rings. The van der Waals surface area contributed by atoms with Gasteiger partial charge in [-0.1, -0.05) is 12.1 Å². The molecule has 0 saturated carbocycles. The molecule has 2 heterocycles. The van der Waals surface area contributed by atoms with E-state index < -0.39 is 6.61 Å². The maximum atomic E-state index is 12.3. The van der Waals surface area contributed by atoms with Crippen LogP contribution in [0.4, 0.5) is 8.78 Å². The van der Waals surface area contributed by atoms with Crippen LogP contribution in [0, 0.1) is 11.8 Å². The van der Waals surface area contributed by atoms with Crippen LogP contribution in [0.2, 0.25) is 0 Å². The molecule has 0 aromatic heterocycles. The van der Waals surface area contributed by atoms with Crippen molar-refractivity contribution in [2.75, 3.05) is 26.2 Å². The lowest BCUT2D eigenvalue weighted by Gasteiger charge is -2.17. The number of alkyl halides is 2. The number of carbonyl (C=O) groups is 1. The molecule has 2 aliphatic heterocycles. The van der Waals surface area contributed by atoms with Crippen molar-refractivity contribution in [2.24, 2.45) is 11.8 Å². The number of hydrogen-bond donors (Lipinski definition) is 1. The van der Waals surface area contributed by atoms with E-state index in [0.29, 0.717) is 18.3 Å². The lowest BCUT2D eigenvalue weighted by molar-refractivity contribution is -0.129. The van der Waals surface area contributed by atoms with Crippen LogP contribution < -0.4 is 10.1 Å². The Balaban J connectivity index is 1.55. The molecular weight excluding hydrogens is 278 g/mol. The molecule has 21 heavy (non-hydrogen) atoms. The molecule has 3 rings (SSSR count). The van der Waals surface area contributed by atoms with Crippen molar-refractivity contribution < 1.29 is 18.3 Å². The summed E-state index contributed by atoms with van der Waals surface area (Å²) in [6.45, 7) is 0.809. The fraction of sp³-hybridized carbons (Fsp3) is 0.533. The van der Waals surface area contributed by atoms with Crippen LogP contribution >= 0.6 is 0 Å². The third-order valence-electron chi connectivity index (χ3n) is 4.25. The van der Waals surface area contributed by atoms with E-state index in [1.807, 2.05) is 4.90 Å². The van der Waals surface area contributed by atoms with Crippen LogP contribution in [-0.2, 0) is 11.2 Å². The summed E-state index contributed by atoms with van der Waals surface area (Å²) in [6, 6.07) is 6.26. The Morgan fingerprint density at radius 3 is 2.43 bits per heavy atom. The van der Waals surface area contributed by atoms with Gasteiger partial charge in [0.05, 0.1) is 6.42 Å². The Kier molecular flexibility index (Phi) is 4.05.